The number of rotatable bonds is 1. The first-order valence-corrected chi connectivity index (χ1v) is 7.16. The van der Waals surface area contributed by atoms with Gasteiger partial charge in [0.05, 0.1) is 5.52 Å². The third-order valence-electron chi connectivity index (χ3n) is 3.05. The van der Waals surface area contributed by atoms with Gasteiger partial charge in [0.25, 0.3) is 0 Å². The Hall–Kier alpha value is -0.330. The van der Waals surface area contributed by atoms with E-state index in [0.717, 1.165) is 39.1 Å². The summed E-state index contributed by atoms with van der Waals surface area (Å²) in [5, 5.41) is 6.43. The van der Waals surface area contributed by atoms with Crippen LogP contribution in [0.25, 0.3) is 10.9 Å². The lowest BCUT2D eigenvalue weighted by molar-refractivity contribution is -0.0368. The van der Waals surface area contributed by atoms with E-state index in [4.69, 9.17) is 16.3 Å². The van der Waals surface area contributed by atoms with Crippen molar-refractivity contribution in [3.8, 4) is 0 Å². The summed E-state index contributed by atoms with van der Waals surface area (Å²) in [6.07, 6.45) is 3.47. The summed E-state index contributed by atoms with van der Waals surface area (Å²) in [6.45, 7) is 0.830. The number of nitrogens with zero attached hydrogens (tertiary/aromatic N) is 2. The van der Waals surface area contributed by atoms with E-state index < -0.39 is 0 Å². The van der Waals surface area contributed by atoms with Gasteiger partial charge in [0.2, 0.25) is 0 Å². The molecule has 3 rings (SSSR count). The van der Waals surface area contributed by atoms with Crippen LogP contribution in [0.4, 0.5) is 0 Å². The molecule has 5 heteroatoms. The predicted molar refractivity (Wildman–Crippen MR) is 76.3 cm³/mol. The van der Waals surface area contributed by atoms with E-state index >= 15 is 0 Å². The van der Waals surface area contributed by atoms with Crippen molar-refractivity contribution in [1.82, 2.24) is 9.78 Å². The standard InChI is InChI=1S/C12H12ClIN2O/c13-8-4-5-10-9(7-8)12(14)15-16(10)11-3-1-2-6-17-11/h4-5,7,11H,1-3,6H2. The summed E-state index contributed by atoms with van der Waals surface area (Å²) >= 11 is 8.26. The van der Waals surface area contributed by atoms with Crippen LogP contribution in [0.5, 0.6) is 0 Å². The minimum atomic E-state index is 0.0796. The minimum Gasteiger partial charge on any atom is -0.356 e. The molecule has 0 saturated carbocycles. The van der Waals surface area contributed by atoms with Crippen LogP contribution in [0.2, 0.25) is 5.02 Å². The van der Waals surface area contributed by atoms with Gasteiger partial charge in [-0.3, -0.25) is 0 Å². The molecule has 1 unspecified atom stereocenters. The zero-order chi connectivity index (χ0) is 11.8. The highest BCUT2D eigenvalue weighted by molar-refractivity contribution is 14.1. The minimum absolute atomic E-state index is 0.0796. The van der Waals surface area contributed by atoms with Crippen LogP contribution < -0.4 is 0 Å². The molecule has 1 fully saturated rings. The average molecular weight is 363 g/mol. The summed E-state index contributed by atoms with van der Waals surface area (Å²) in [7, 11) is 0. The second-order valence-corrected chi connectivity index (χ2v) is 5.68. The smallest absolute Gasteiger partial charge is 0.150 e. The Balaban J connectivity index is 2.10. The molecule has 1 aromatic heterocycles. The van der Waals surface area contributed by atoms with Crippen LogP contribution >= 0.6 is 34.2 Å². The maximum absolute atomic E-state index is 6.01. The molecule has 2 heterocycles. The number of hydrogen-bond acceptors (Lipinski definition) is 2. The van der Waals surface area contributed by atoms with Gasteiger partial charge >= 0.3 is 0 Å². The van der Waals surface area contributed by atoms with Gasteiger partial charge in [0, 0.05) is 17.0 Å². The fourth-order valence-corrected chi connectivity index (χ4v) is 3.05. The Morgan fingerprint density at radius 1 is 1.41 bits per heavy atom. The lowest BCUT2D eigenvalue weighted by atomic mass is 10.2. The molecule has 0 N–H and O–H groups in total. The summed E-state index contributed by atoms with van der Waals surface area (Å²) < 4.78 is 8.75. The SMILES string of the molecule is Clc1ccc2c(c1)c(I)nn2C1CCCCO1. The second kappa shape index (κ2) is 4.74. The van der Waals surface area contributed by atoms with E-state index in [9.17, 15) is 0 Å². The molecule has 0 spiro atoms. The van der Waals surface area contributed by atoms with Crippen LogP contribution in [0.3, 0.4) is 0 Å². The van der Waals surface area contributed by atoms with Crippen molar-refractivity contribution < 1.29 is 4.74 Å². The van der Waals surface area contributed by atoms with E-state index in [0.29, 0.717) is 0 Å². The van der Waals surface area contributed by atoms with Gasteiger partial charge in [-0.15, -0.1) is 0 Å². The number of hydrogen-bond donors (Lipinski definition) is 0. The molecule has 1 aliphatic heterocycles. The van der Waals surface area contributed by atoms with Gasteiger partial charge in [0.1, 0.15) is 3.70 Å². The Morgan fingerprint density at radius 2 is 2.29 bits per heavy atom. The molecular weight excluding hydrogens is 351 g/mol. The first-order chi connectivity index (χ1) is 8.25. The van der Waals surface area contributed by atoms with E-state index in [-0.39, 0.29) is 6.23 Å². The Morgan fingerprint density at radius 3 is 3.06 bits per heavy atom. The highest BCUT2D eigenvalue weighted by Crippen LogP contribution is 2.30. The van der Waals surface area contributed by atoms with Crippen molar-refractivity contribution in [2.75, 3.05) is 6.61 Å². The normalized spacial score (nSPS) is 20.9. The summed E-state index contributed by atoms with van der Waals surface area (Å²) in [5.74, 6) is 0. The fourth-order valence-electron chi connectivity index (χ4n) is 2.21. The average Bonchev–Trinajstić information content (AvgIpc) is 2.68. The quantitative estimate of drug-likeness (QED) is 0.717. The maximum atomic E-state index is 6.01. The van der Waals surface area contributed by atoms with Crippen molar-refractivity contribution in [3.05, 3.63) is 26.9 Å². The molecule has 2 aromatic rings. The van der Waals surface area contributed by atoms with E-state index in [1.807, 2.05) is 22.9 Å². The molecule has 1 aliphatic rings. The van der Waals surface area contributed by atoms with Crippen molar-refractivity contribution in [2.45, 2.75) is 25.5 Å². The first-order valence-electron chi connectivity index (χ1n) is 5.70. The predicted octanol–water partition coefficient (Wildman–Crippen LogP) is 3.99. The lowest BCUT2D eigenvalue weighted by Gasteiger charge is -2.23. The van der Waals surface area contributed by atoms with Gasteiger partial charge in [-0.25, -0.2) is 4.68 Å². The molecular formula is C12H12ClIN2O. The van der Waals surface area contributed by atoms with Crippen LogP contribution in [0.15, 0.2) is 18.2 Å². The number of ether oxygens (including phenoxy) is 1. The van der Waals surface area contributed by atoms with Gasteiger partial charge < -0.3 is 4.74 Å². The maximum Gasteiger partial charge on any atom is 0.150 e. The van der Waals surface area contributed by atoms with Gasteiger partial charge in [-0.2, -0.15) is 5.10 Å². The van der Waals surface area contributed by atoms with Gasteiger partial charge in [-0.05, 0) is 60.1 Å². The van der Waals surface area contributed by atoms with Crippen LogP contribution in [-0.4, -0.2) is 16.4 Å². The van der Waals surface area contributed by atoms with E-state index in [1.165, 1.54) is 6.42 Å². The Kier molecular flexibility index (Phi) is 3.28. The molecule has 90 valence electrons. The fraction of sp³-hybridized carbons (Fsp3) is 0.417. The van der Waals surface area contributed by atoms with Crippen molar-refractivity contribution in [2.24, 2.45) is 0 Å². The summed E-state index contributed by atoms with van der Waals surface area (Å²) in [6, 6.07) is 5.89. The third-order valence-corrected chi connectivity index (χ3v) is 4.08. The number of fused-ring (bicyclic) bond motifs is 1. The van der Waals surface area contributed by atoms with Crippen molar-refractivity contribution in [1.29, 1.82) is 0 Å². The lowest BCUT2D eigenvalue weighted by Crippen LogP contribution is -2.19. The molecule has 0 aliphatic carbocycles. The highest BCUT2D eigenvalue weighted by atomic mass is 127. The zero-order valence-corrected chi connectivity index (χ0v) is 12.1. The van der Waals surface area contributed by atoms with Crippen LogP contribution in [0.1, 0.15) is 25.5 Å². The monoisotopic (exact) mass is 362 g/mol. The Labute approximate surface area is 118 Å². The Bertz CT molecular complexity index is 549. The van der Waals surface area contributed by atoms with Gasteiger partial charge in [0.15, 0.2) is 6.23 Å². The van der Waals surface area contributed by atoms with Crippen molar-refractivity contribution >= 4 is 45.1 Å². The number of halogens is 2. The number of benzene rings is 1. The second-order valence-electron chi connectivity index (χ2n) is 4.22. The first kappa shape index (κ1) is 11.7. The molecule has 3 nitrogen and oxygen atoms in total. The molecule has 0 bridgehead atoms. The topological polar surface area (TPSA) is 27.1 Å². The van der Waals surface area contributed by atoms with Gasteiger partial charge in [-0.1, -0.05) is 11.6 Å². The van der Waals surface area contributed by atoms with E-state index in [1.54, 1.807) is 0 Å². The number of aromatic nitrogens is 2. The largest absolute Gasteiger partial charge is 0.356 e. The molecule has 0 amide bonds. The molecule has 17 heavy (non-hydrogen) atoms. The van der Waals surface area contributed by atoms with Crippen molar-refractivity contribution in [3.63, 3.8) is 0 Å². The third kappa shape index (κ3) is 2.18. The molecule has 1 aromatic carbocycles. The molecule has 1 atom stereocenters. The van der Waals surface area contributed by atoms with Crippen LogP contribution in [0, 0.1) is 3.70 Å². The molecule has 1 saturated heterocycles. The highest BCUT2D eigenvalue weighted by Gasteiger charge is 2.20. The van der Waals surface area contributed by atoms with E-state index in [2.05, 4.69) is 27.7 Å². The summed E-state index contributed by atoms with van der Waals surface area (Å²) in [5.41, 5.74) is 1.10. The zero-order valence-electron chi connectivity index (χ0n) is 9.20. The summed E-state index contributed by atoms with van der Waals surface area (Å²) in [4.78, 5) is 0. The molecule has 0 radical (unpaired) electrons. The van der Waals surface area contributed by atoms with Crippen LogP contribution in [-0.2, 0) is 4.74 Å².